The van der Waals surface area contributed by atoms with Crippen LogP contribution in [0.4, 0.5) is 0 Å². The van der Waals surface area contributed by atoms with Gasteiger partial charge in [-0.3, -0.25) is 4.98 Å². The van der Waals surface area contributed by atoms with E-state index in [2.05, 4.69) is 48.1 Å². The Kier molecular flexibility index (Phi) is 4.57. The molecule has 0 radical (unpaired) electrons. The number of pyridine rings is 1. The van der Waals surface area contributed by atoms with Crippen molar-refractivity contribution in [3.8, 4) is 0 Å². The molecule has 4 aromatic rings. The van der Waals surface area contributed by atoms with E-state index < -0.39 is 10.0 Å². The zero-order valence-electron chi connectivity index (χ0n) is 14.0. The van der Waals surface area contributed by atoms with Gasteiger partial charge in [-0.2, -0.15) is 0 Å². The van der Waals surface area contributed by atoms with Crippen molar-refractivity contribution in [3.05, 3.63) is 72.1 Å². The van der Waals surface area contributed by atoms with Crippen LogP contribution in [0.25, 0.3) is 21.8 Å². The Morgan fingerprint density at radius 1 is 0.920 bits per heavy atom. The lowest BCUT2D eigenvalue weighted by Crippen LogP contribution is -2.12. The summed E-state index contributed by atoms with van der Waals surface area (Å²) in [5.41, 5.74) is 4.49. The molecule has 0 atom stereocenters. The number of nitrogens with zero attached hydrogens (tertiary/aromatic N) is 1. The molecule has 4 rings (SSSR count). The molecule has 0 aliphatic carbocycles. The van der Waals surface area contributed by atoms with Crippen molar-refractivity contribution in [3.63, 3.8) is 0 Å². The van der Waals surface area contributed by atoms with Gasteiger partial charge in [0.2, 0.25) is 10.0 Å². The first-order chi connectivity index (χ1) is 11.9. The normalized spacial score (nSPS) is 11.3. The van der Waals surface area contributed by atoms with Crippen molar-refractivity contribution in [2.75, 3.05) is 0 Å². The van der Waals surface area contributed by atoms with Crippen LogP contribution in [0, 0.1) is 13.8 Å². The lowest BCUT2D eigenvalue weighted by atomic mass is 10.2. The largest absolute Gasteiger partial charge is 0.358 e. The minimum absolute atomic E-state index is 0.114. The standard InChI is InChI=1S/C10H11N.C9H8N2O2S/c1-7-8(2)11-10-6-4-3-5-9(7)10;10-14(12,13)9-5-1-4-8-7(9)3-2-6-11-8/h3-6,11H,1-2H3;1-6H,(H2,10,12,13). The zero-order chi connectivity index (χ0) is 18.0. The predicted octanol–water partition coefficient (Wildman–Crippen LogP) is 3.67. The molecule has 0 amide bonds. The molecule has 0 bridgehead atoms. The van der Waals surface area contributed by atoms with Gasteiger partial charge in [0.15, 0.2) is 0 Å². The molecule has 0 aliphatic heterocycles. The first kappa shape index (κ1) is 17.1. The molecule has 2 aromatic heterocycles. The van der Waals surface area contributed by atoms with E-state index in [-0.39, 0.29) is 4.90 Å². The number of para-hydroxylation sites is 1. The van der Waals surface area contributed by atoms with E-state index in [0.717, 1.165) is 0 Å². The summed E-state index contributed by atoms with van der Waals surface area (Å²) < 4.78 is 22.4. The van der Waals surface area contributed by atoms with Crippen LogP contribution in [-0.2, 0) is 10.0 Å². The summed E-state index contributed by atoms with van der Waals surface area (Å²) in [5, 5.41) is 6.96. The highest BCUT2D eigenvalue weighted by molar-refractivity contribution is 7.89. The number of H-pyrrole nitrogens is 1. The number of hydrogen-bond donors (Lipinski definition) is 2. The minimum atomic E-state index is -3.67. The number of aromatic nitrogens is 2. The lowest BCUT2D eigenvalue weighted by Gasteiger charge is -2.02. The Balaban J connectivity index is 0.000000150. The number of aryl methyl sites for hydroxylation is 2. The molecule has 128 valence electrons. The van der Waals surface area contributed by atoms with Crippen LogP contribution in [0.15, 0.2) is 65.7 Å². The number of nitrogens with one attached hydrogen (secondary N) is 1. The van der Waals surface area contributed by atoms with Gasteiger partial charge in [0.25, 0.3) is 0 Å². The summed E-state index contributed by atoms with van der Waals surface area (Å²) in [6.07, 6.45) is 1.61. The summed E-state index contributed by atoms with van der Waals surface area (Å²) in [4.78, 5) is 7.48. The van der Waals surface area contributed by atoms with Gasteiger partial charge in [0, 0.05) is 28.2 Å². The van der Waals surface area contributed by atoms with Gasteiger partial charge in [-0.15, -0.1) is 0 Å². The highest BCUT2D eigenvalue weighted by Crippen LogP contribution is 2.20. The van der Waals surface area contributed by atoms with Crippen molar-refractivity contribution in [2.45, 2.75) is 18.7 Å². The van der Waals surface area contributed by atoms with E-state index in [4.69, 9.17) is 5.14 Å². The summed E-state index contributed by atoms with van der Waals surface area (Å²) in [5.74, 6) is 0. The SMILES string of the molecule is Cc1[nH]c2ccccc2c1C.NS(=O)(=O)c1cccc2ncccc12. The van der Waals surface area contributed by atoms with Crippen LogP contribution in [0.5, 0.6) is 0 Å². The third kappa shape index (κ3) is 3.55. The van der Waals surface area contributed by atoms with Crippen LogP contribution in [0.1, 0.15) is 11.3 Å². The molecule has 6 heteroatoms. The van der Waals surface area contributed by atoms with Gasteiger partial charge in [-0.05, 0) is 49.7 Å². The smallest absolute Gasteiger partial charge is 0.238 e. The summed E-state index contributed by atoms with van der Waals surface area (Å²) >= 11 is 0. The van der Waals surface area contributed by atoms with E-state index in [0.29, 0.717) is 10.9 Å². The van der Waals surface area contributed by atoms with Crippen molar-refractivity contribution in [1.29, 1.82) is 0 Å². The van der Waals surface area contributed by atoms with E-state index in [9.17, 15) is 8.42 Å². The van der Waals surface area contributed by atoms with Crippen LogP contribution in [-0.4, -0.2) is 18.4 Å². The lowest BCUT2D eigenvalue weighted by molar-refractivity contribution is 0.598. The van der Waals surface area contributed by atoms with Crippen molar-refractivity contribution < 1.29 is 8.42 Å². The highest BCUT2D eigenvalue weighted by Gasteiger charge is 2.11. The molecule has 0 saturated heterocycles. The van der Waals surface area contributed by atoms with Crippen LogP contribution in [0.3, 0.4) is 0 Å². The quantitative estimate of drug-likeness (QED) is 0.547. The molecule has 0 unspecified atom stereocenters. The first-order valence-corrected chi connectivity index (χ1v) is 9.33. The maximum atomic E-state index is 11.2. The second-order valence-electron chi connectivity index (χ2n) is 5.79. The molecule has 2 heterocycles. The molecule has 0 saturated carbocycles. The molecule has 5 nitrogen and oxygen atoms in total. The van der Waals surface area contributed by atoms with Crippen molar-refractivity contribution in [1.82, 2.24) is 9.97 Å². The third-order valence-electron chi connectivity index (χ3n) is 4.13. The molecule has 0 spiro atoms. The summed E-state index contributed by atoms with van der Waals surface area (Å²) in [6.45, 7) is 4.25. The molecule has 3 N–H and O–H groups in total. The van der Waals surface area contributed by atoms with Crippen LogP contribution < -0.4 is 5.14 Å². The fourth-order valence-electron chi connectivity index (χ4n) is 2.74. The number of nitrogens with two attached hydrogens (primary N) is 1. The van der Waals surface area contributed by atoms with Crippen molar-refractivity contribution >= 4 is 31.8 Å². The van der Waals surface area contributed by atoms with Crippen molar-refractivity contribution in [2.24, 2.45) is 5.14 Å². The van der Waals surface area contributed by atoms with Gasteiger partial charge < -0.3 is 4.98 Å². The fourth-order valence-corrected chi connectivity index (χ4v) is 3.49. The van der Waals surface area contributed by atoms with Gasteiger partial charge in [-0.25, -0.2) is 13.6 Å². The Morgan fingerprint density at radius 2 is 1.64 bits per heavy atom. The molecular weight excluding hydrogens is 334 g/mol. The fraction of sp³-hybridized carbons (Fsp3) is 0.105. The maximum Gasteiger partial charge on any atom is 0.238 e. The Morgan fingerprint density at radius 3 is 2.36 bits per heavy atom. The highest BCUT2D eigenvalue weighted by atomic mass is 32.2. The monoisotopic (exact) mass is 353 g/mol. The molecule has 0 aliphatic rings. The van der Waals surface area contributed by atoms with Crippen LogP contribution >= 0.6 is 0 Å². The average Bonchev–Trinajstić information content (AvgIpc) is 2.89. The number of fused-ring (bicyclic) bond motifs is 2. The molecular formula is C19H19N3O2S. The van der Waals surface area contributed by atoms with Gasteiger partial charge in [-0.1, -0.05) is 24.3 Å². The second kappa shape index (κ2) is 6.66. The Labute approximate surface area is 146 Å². The number of aromatic amines is 1. The summed E-state index contributed by atoms with van der Waals surface area (Å²) in [6, 6.07) is 16.6. The number of hydrogen-bond acceptors (Lipinski definition) is 3. The van der Waals surface area contributed by atoms with Gasteiger partial charge in [0.05, 0.1) is 10.4 Å². The second-order valence-corrected chi connectivity index (χ2v) is 7.32. The maximum absolute atomic E-state index is 11.2. The Bertz CT molecular complexity index is 1140. The Hall–Kier alpha value is -2.70. The third-order valence-corrected chi connectivity index (χ3v) is 5.10. The number of primary sulfonamides is 1. The number of benzene rings is 2. The van der Waals surface area contributed by atoms with Gasteiger partial charge in [0.1, 0.15) is 0 Å². The predicted molar refractivity (Wildman–Crippen MR) is 101 cm³/mol. The van der Waals surface area contributed by atoms with E-state index in [1.165, 1.54) is 28.2 Å². The number of sulfonamides is 1. The molecule has 0 fully saturated rings. The molecule has 2 aromatic carbocycles. The first-order valence-electron chi connectivity index (χ1n) is 7.78. The zero-order valence-corrected chi connectivity index (χ0v) is 14.8. The topological polar surface area (TPSA) is 88.8 Å². The summed E-state index contributed by atoms with van der Waals surface area (Å²) in [7, 11) is -3.67. The van der Waals surface area contributed by atoms with E-state index in [1.54, 1.807) is 30.5 Å². The average molecular weight is 353 g/mol. The van der Waals surface area contributed by atoms with E-state index >= 15 is 0 Å². The van der Waals surface area contributed by atoms with Crippen LogP contribution in [0.2, 0.25) is 0 Å². The van der Waals surface area contributed by atoms with E-state index in [1.807, 2.05) is 0 Å². The minimum Gasteiger partial charge on any atom is -0.358 e. The number of rotatable bonds is 1. The molecule has 25 heavy (non-hydrogen) atoms. The van der Waals surface area contributed by atoms with Gasteiger partial charge >= 0.3 is 0 Å².